The van der Waals surface area contributed by atoms with Gasteiger partial charge in [-0.3, -0.25) is 0 Å². The zero-order chi connectivity index (χ0) is 13.2. The lowest BCUT2D eigenvalue weighted by Crippen LogP contribution is -2.30. The summed E-state index contributed by atoms with van der Waals surface area (Å²) < 4.78 is 10.2. The second kappa shape index (κ2) is 8.68. The third kappa shape index (κ3) is 4.87. The van der Waals surface area contributed by atoms with E-state index in [1.807, 2.05) is 18.2 Å². The van der Waals surface area contributed by atoms with E-state index in [0.29, 0.717) is 12.4 Å². The number of nitrogen functional groups attached to an aromatic ring is 1. The molecule has 0 atom stereocenters. The summed E-state index contributed by atoms with van der Waals surface area (Å²) in [6, 6.07) is 5.71. The predicted molar refractivity (Wildman–Crippen MR) is 72.6 cm³/mol. The van der Waals surface area contributed by atoms with E-state index < -0.39 is 0 Å². The van der Waals surface area contributed by atoms with Crippen LogP contribution in [0.4, 0.5) is 11.6 Å². The molecular formula is C12H22N4O2. The van der Waals surface area contributed by atoms with Gasteiger partial charge in [0.2, 0.25) is 0 Å². The molecule has 3 N–H and O–H groups in total. The van der Waals surface area contributed by atoms with Crippen LogP contribution in [0.15, 0.2) is 18.2 Å². The summed E-state index contributed by atoms with van der Waals surface area (Å²) >= 11 is 0. The Labute approximate surface area is 108 Å². The number of aromatic nitrogens is 1. The molecule has 0 bridgehead atoms. The first kappa shape index (κ1) is 14.7. The molecule has 0 aliphatic rings. The third-order valence-electron chi connectivity index (χ3n) is 2.55. The average molecular weight is 254 g/mol. The molecule has 0 unspecified atom stereocenters. The van der Waals surface area contributed by atoms with Crippen molar-refractivity contribution in [3.63, 3.8) is 0 Å². The van der Waals surface area contributed by atoms with Crippen LogP contribution in [0.3, 0.4) is 0 Å². The minimum absolute atomic E-state index is 0.654. The fourth-order valence-corrected chi connectivity index (χ4v) is 1.62. The summed E-state index contributed by atoms with van der Waals surface area (Å²) in [5.41, 5.74) is 2.55. The maximum Gasteiger partial charge on any atom is 0.142 e. The second-order valence-corrected chi connectivity index (χ2v) is 3.85. The van der Waals surface area contributed by atoms with Crippen molar-refractivity contribution in [2.75, 3.05) is 50.8 Å². The van der Waals surface area contributed by atoms with Gasteiger partial charge < -0.3 is 19.8 Å². The number of rotatable bonds is 9. The van der Waals surface area contributed by atoms with Crippen molar-refractivity contribution in [2.45, 2.75) is 6.42 Å². The highest BCUT2D eigenvalue weighted by molar-refractivity contribution is 5.46. The third-order valence-corrected chi connectivity index (χ3v) is 2.55. The molecule has 0 aliphatic carbocycles. The second-order valence-electron chi connectivity index (χ2n) is 3.85. The molecule has 0 aromatic carbocycles. The van der Waals surface area contributed by atoms with Gasteiger partial charge in [-0.15, -0.1) is 0 Å². The smallest absolute Gasteiger partial charge is 0.142 e. The molecule has 1 aromatic rings. The number of pyridine rings is 1. The maximum atomic E-state index is 5.36. The molecule has 0 spiro atoms. The largest absolute Gasteiger partial charge is 0.385 e. The number of hydrogen-bond donors (Lipinski definition) is 2. The number of nitrogens with one attached hydrogen (secondary N) is 1. The van der Waals surface area contributed by atoms with Crippen molar-refractivity contribution in [1.29, 1.82) is 0 Å². The molecule has 0 aliphatic heterocycles. The quantitative estimate of drug-likeness (QED) is 0.387. The number of ether oxygens (including phenoxy) is 2. The van der Waals surface area contributed by atoms with E-state index in [4.69, 9.17) is 15.3 Å². The lowest BCUT2D eigenvalue weighted by atomic mass is 10.3. The molecule has 0 radical (unpaired) electrons. The Morgan fingerprint density at radius 3 is 2.67 bits per heavy atom. The zero-order valence-electron chi connectivity index (χ0n) is 11.1. The van der Waals surface area contributed by atoms with E-state index in [9.17, 15) is 0 Å². The van der Waals surface area contributed by atoms with Gasteiger partial charge in [0.15, 0.2) is 0 Å². The first-order chi connectivity index (χ1) is 8.81. The molecule has 0 saturated carbocycles. The highest BCUT2D eigenvalue weighted by Gasteiger charge is 2.08. The lowest BCUT2D eigenvalue weighted by Gasteiger charge is -2.23. The highest BCUT2D eigenvalue weighted by atomic mass is 16.5. The highest BCUT2D eigenvalue weighted by Crippen LogP contribution is 2.14. The molecule has 1 rings (SSSR count). The molecule has 102 valence electrons. The first-order valence-electron chi connectivity index (χ1n) is 5.98. The first-order valence-corrected chi connectivity index (χ1v) is 5.98. The van der Waals surface area contributed by atoms with Crippen LogP contribution in [0.5, 0.6) is 0 Å². The van der Waals surface area contributed by atoms with Crippen LogP contribution in [0, 0.1) is 0 Å². The van der Waals surface area contributed by atoms with Gasteiger partial charge >= 0.3 is 0 Å². The van der Waals surface area contributed by atoms with Gasteiger partial charge in [-0.05, 0) is 18.6 Å². The molecule has 0 saturated heterocycles. The molecule has 18 heavy (non-hydrogen) atoms. The van der Waals surface area contributed by atoms with Crippen LogP contribution in [-0.2, 0) is 9.47 Å². The van der Waals surface area contributed by atoms with Crippen LogP contribution < -0.4 is 16.2 Å². The van der Waals surface area contributed by atoms with E-state index in [1.165, 1.54) is 0 Å². The van der Waals surface area contributed by atoms with E-state index >= 15 is 0 Å². The van der Waals surface area contributed by atoms with Gasteiger partial charge in [0.05, 0.1) is 6.61 Å². The van der Waals surface area contributed by atoms with E-state index in [2.05, 4.69) is 15.3 Å². The Morgan fingerprint density at radius 1 is 1.22 bits per heavy atom. The normalized spacial score (nSPS) is 10.4. The molecular weight excluding hydrogens is 232 g/mol. The van der Waals surface area contributed by atoms with E-state index in [-0.39, 0.29) is 0 Å². The van der Waals surface area contributed by atoms with Gasteiger partial charge in [0, 0.05) is 33.9 Å². The van der Waals surface area contributed by atoms with Crippen molar-refractivity contribution in [1.82, 2.24) is 4.98 Å². The lowest BCUT2D eigenvalue weighted by molar-refractivity contribution is 0.191. The van der Waals surface area contributed by atoms with Crippen LogP contribution in [0.25, 0.3) is 0 Å². The van der Waals surface area contributed by atoms with Crippen molar-refractivity contribution in [2.24, 2.45) is 5.84 Å². The van der Waals surface area contributed by atoms with Crippen molar-refractivity contribution < 1.29 is 9.47 Å². The van der Waals surface area contributed by atoms with Crippen LogP contribution >= 0.6 is 0 Å². The SMILES string of the molecule is COCCCN(CCOC)c1cccc(NN)n1. The summed E-state index contributed by atoms with van der Waals surface area (Å²) in [5, 5.41) is 0. The van der Waals surface area contributed by atoms with Crippen LogP contribution in [0.1, 0.15) is 6.42 Å². The molecule has 6 nitrogen and oxygen atoms in total. The Hall–Kier alpha value is -1.37. The molecule has 0 fully saturated rings. The Bertz CT molecular complexity index is 336. The summed E-state index contributed by atoms with van der Waals surface area (Å²) in [7, 11) is 3.40. The number of methoxy groups -OCH3 is 2. The minimum Gasteiger partial charge on any atom is -0.385 e. The van der Waals surface area contributed by atoms with E-state index in [1.54, 1.807) is 14.2 Å². The summed E-state index contributed by atoms with van der Waals surface area (Å²) in [6.07, 6.45) is 0.947. The maximum absolute atomic E-state index is 5.36. The van der Waals surface area contributed by atoms with Crippen molar-refractivity contribution in [3.8, 4) is 0 Å². The molecule has 1 aromatic heterocycles. The predicted octanol–water partition coefficient (Wildman–Crippen LogP) is 0.857. The Kier molecular flexibility index (Phi) is 7.09. The number of hydrazine groups is 1. The number of nitrogens with two attached hydrogens (primary N) is 1. The fraction of sp³-hybridized carbons (Fsp3) is 0.583. The Morgan fingerprint density at radius 2 is 2.00 bits per heavy atom. The van der Waals surface area contributed by atoms with Gasteiger partial charge in [-0.1, -0.05) is 6.07 Å². The fourth-order valence-electron chi connectivity index (χ4n) is 1.62. The topological polar surface area (TPSA) is 72.6 Å². The monoisotopic (exact) mass is 254 g/mol. The summed E-state index contributed by atoms with van der Waals surface area (Å²) in [4.78, 5) is 6.57. The van der Waals surface area contributed by atoms with Gasteiger partial charge in [0.1, 0.15) is 11.6 Å². The van der Waals surface area contributed by atoms with Crippen LogP contribution in [0.2, 0.25) is 0 Å². The van der Waals surface area contributed by atoms with Gasteiger partial charge in [-0.25, -0.2) is 10.8 Å². The van der Waals surface area contributed by atoms with E-state index in [0.717, 1.165) is 31.9 Å². The zero-order valence-corrected chi connectivity index (χ0v) is 11.1. The van der Waals surface area contributed by atoms with Gasteiger partial charge in [-0.2, -0.15) is 0 Å². The number of anilines is 2. The molecule has 1 heterocycles. The summed E-state index contributed by atoms with van der Waals surface area (Å²) in [5.74, 6) is 6.91. The van der Waals surface area contributed by atoms with Crippen LogP contribution in [-0.4, -0.2) is 45.5 Å². The Balaban J connectivity index is 2.66. The van der Waals surface area contributed by atoms with Gasteiger partial charge in [0.25, 0.3) is 0 Å². The van der Waals surface area contributed by atoms with Crippen molar-refractivity contribution in [3.05, 3.63) is 18.2 Å². The number of nitrogens with zero attached hydrogens (tertiary/aromatic N) is 2. The summed E-state index contributed by atoms with van der Waals surface area (Å²) in [6.45, 7) is 3.06. The number of hydrogen-bond acceptors (Lipinski definition) is 6. The molecule has 6 heteroatoms. The average Bonchev–Trinajstić information content (AvgIpc) is 2.42. The van der Waals surface area contributed by atoms with Crippen molar-refractivity contribution >= 4 is 11.6 Å². The molecule has 0 amide bonds. The minimum atomic E-state index is 0.654. The standard InChI is InChI=1S/C12H22N4O2/c1-17-9-4-7-16(8-10-18-2)12-6-3-5-11(14-12)15-13/h3,5-6H,4,7-10,13H2,1-2H3,(H,14,15).